The molecule has 38 heavy (non-hydrogen) atoms. The molecular weight excluding hydrogens is 506 g/mol. The minimum Gasteiger partial charge on any atom is -0.382 e. The number of fused-ring (bicyclic) bond motifs is 4. The third-order valence-corrected chi connectivity index (χ3v) is 6.69. The van der Waals surface area contributed by atoms with Crippen LogP contribution in [0.1, 0.15) is 27.5 Å². The van der Waals surface area contributed by atoms with Crippen molar-refractivity contribution < 1.29 is 27.1 Å². The molecule has 2 aromatic carbocycles. The third-order valence-electron chi connectivity index (χ3n) is 6.69. The maximum atomic E-state index is 15.1. The fraction of sp³-hybridized carbons (Fsp3) is 0.200. The topological polar surface area (TPSA) is 104 Å². The van der Waals surface area contributed by atoms with E-state index in [2.05, 4.69) is 15.1 Å². The predicted molar refractivity (Wildman–Crippen MR) is 128 cm³/mol. The number of nitrogen functional groups attached to an aromatic ring is 1. The molecule has 194 valence electrons. The van der Waals surface area contributed by atoms with Crippen molar-refractivity contribution in [2.75, 3.05) is 19.4 Å². The van der Waals surface area contributed by atoms with Crippen molar-refractivity contribution in [3.63, 3.8) is 0 Å². The van der Waals surface area contributed by atoms with Gasteiger partial charge in [0.2, 0.25) is 0 Å². The van der Waals surface area contributed by atoms with Crippen LogP contribution < -0.4 is 5.73 Å². The van der Waals surface area contributed by atoms with E-state index in [1.807, 2.05) is 0 Å². The summed E-state index contributed by atoms with van der Waals surface area (Å²) in [6, 6.07) is 7.13. The van der Waals surface area contributed by atoms with Crippen LogP contribution in [-0.2, 0) is 17.6 Å². The molecule has 0 unspecified atom stereocenters. The normalized spacial score (nSPS) is 15.7. The molecule has 0 bridgehead atoms. The molecule has 1 amide bonds. The molecule has 3 aromatic heterocycles. The Hall–Kier alpha value is -4.52. The SMILES string of the molecule is CN(C(=O)c1cc2c(cc1F)nc(N)c1cncn12)[C@@H]1COCc2cc(-c3cnn(C(F)(F)F)c3)ccc21. The van der Waals surface area contributed by atoms with E-state index in [0.29, 0.717) is 22.2 Å². The van der Waals surface area contributed by atoms with Gasteiger partial charge in [0, 0.05) is 24.9 Å². The highest BCUT2D eigenvalue weighted by atomic mass is 19.4. The Kier molecular flexibility index (Phi) is 5.35. The van der Waals surface area contributed by atoms with E-state index < -0.39 is 24.1 Å². The first-order chi connectivity index (χ1) is 18.1. The number of likely N-dealkylation sites (N-methyl/N-ethyl adjacent to an activating group) is 1. The van der Waals surface area contributed by atoms with Gasteiger partial charge < -0.3 is 15.4 Å². The van der Waals surface area contributed by atoms with Crippen molar-refractivity contribution in [1.29, 1.82) is 0 Å². The summed E-state index contributed by atoms with van der Waals surface area (Å²) in [5.74, 6) is -1.15. The van der Waals surface area contributed by atoms with Gasteiger partial charge in [0.05, 0.1) is 54.6 Å². The lowest BCUT2D eigenvalue weighted by molar-refractivity contribution is -0.212. The van der Waals surface area contributed by atoms with Gasteiger partial charge in [0.15, 0.2) is 0 Å². The maximum absolute atomic E-state index is 15.1. The fourth-order valence-electron chi connectivity index (χ4n) is 4.73. The molecule has 1 aliphatic heterocycles. The number of hydrogen-bond donors (Lipinski definition) is 1. The number of ether oxygens (including phenoxy) is 1. The first-order valence-corrected chi connectivity index (χ1v) is 11.4. The van der Waals surface area contributed by atoms with Crippen molar-refractivity contribution >= 4 is 28.3 Å². The summed E-state index contributed by atoms with van der Waals surface area (Å²) in [5, 5.41) is 3.38. The van der Waals surface area contributed by atoms with E-state index in [-0.39, 0.29) is 40.4 Å². The Labute approximate surface area is 212 Å². The number of amides is 1. The smallest absolute Gasteiger partial charge is 0.382 e. The quantitative estimate of drug-likeness (QED) is 0.353. The lowest BCUT2D eigenvalue weighted by Crippen LogP contribution is -2.36. The summed E-state index contributed by atoms with van der Waals surface area (Å²) < 4.78 is 61.2. The van der Waals surface area contributed by atoms with Crippen LogP contribution in [0.2, 0.25) is 0 Å². The number of alkyl halides is 3. The molecule has 1 aliphatic rings. The first-order valence-electron chi connectivity index (χ1n) is 11.4. The molecule has 0 saturated carbocycles. The molecule has 0 spiro atoms. The van der Waals surface area contributed by atoms with Crippen LogP contribution in [0.15, 0.2) is 55.2 Å². The first kappa shape index (κ1) is 23.9. The number of hydrogen-bond acceptors (Lipinski definition) is 6. The highest BCUT2D eigenvalue weighted by Crippen LogP contribution is 2.34. The van der Waals surface area contributed by atoms with Crippen LogP contribution in [0.25, 0.3) is 27.7 Å². The summed E-state index contributed by atoms with van der Waals surface area (Å²) in [6.07, 6.45) is 0.452. The molecule has 0 fully saturated rings. The summed E-state index contributed by atoms with van der Waals surface area (Å²) in [7, 11) is 1.55. The third kappa shape index (κ3) is 3.82. The Morgan fingerprint density at radius 1 is 1.16 bits per heavy atom. The molecule has 0 saturated heterocycles. The van der Waals surface area contributed by atoms with Crippen molar-refractivity contribution in [2.45, 2.75) is 18.9 Å². The van der Waals surface area contributed by atoms with Crippen LogP contribution in [0.3, 0.4) is 0 Å². The van der Waals surface area contributed by atoms with Crippen LogP contribution in [0.4, 0.5) is 23.4 Å². The van der Waals surface area contributed by atoms with Gasteiger partial charge in [0.25, 0.3) is 5.91 Å². The van der Waals surface area contributed by atoms with Gasteiger partial charge in [-0.3, -0.25) is 9.20 Å². The van der Waals surface area contributed by atoms with Gasteiger partial charge >= 0.3 is 6.30 Å². The highest BCUT2D eigenvalue weighted by molar-refractivity contribution is 5.98. The van der Waals surface area contributed by atoms with E-state index >= 15 is 4.39 Å². The van der Waals surface area contributed by atoms with E-state index in [0.717, 1.165) is 24.0 Å². The molecule has 1 atom stereocenters. The Bertz CT molecular complexity index is 1730. The van der Waals surface area contributed by atoms with Crippen LogP contribution in [-0.4, -0.2) is 48.6 Å². The molecule has 2 N–H and O–H groups in total. The molecular formula is C25H19F4N7O2. The number of nitrogens with two attached hydrogens (primary N) is 1. The summed E-state index contributed by atoms with van der Waals surface area (Å²) in [4.78, 5) is 23.2. The molecule has 0 radical (unpaired) electrons. The average molecular weight is 525 g/mol. The molecule has 13 heteroatoms. The molecule has 9 nitrogen and oxygen atoms in total. The second-order valence-electron chi connectivity index (χ2n) is 8.97. The fourth-order valence-corrected chi connectivity index (χ4v) is 4.73. The zero-order chi connectivity index (χ0) is 26.8. The van der Waals surface area contributed by atoms with Crippen molar-refractivity contribution in [1.82, 2.24) is 29.0 Å². The summed E-state index contributed by atoms with van der Waals surface area (Å²) in [5.41, 5.74) is 9.32. The molecule has 6 rings (SSSR count). The minimum absolute atomic E-state index is 0.0624. The van der Waals surface area contributed by atoms with E-state index in [9.17, 15) is 18.0 Å². The zero-order valence-corrected chi connectivity index (χ0v) is 19.8. The van der Waals surface area contributed by atoms with E-state index in [1.165, 1.54) is 23.5 Å². The summed E-state index contributed by atoms with van der Waals surface area (Å²) in [6.45, 7) is 0.380. The zero-order valence-electron chi connectivity index (χ0n) is 19.8. The Morgan fingerprint density at radius 3 is 2.74 bits per heavy atom. The number of aromatic nitrogens is 5. The van der Waals surface area contributed by atoms with Crippen LogP contribution in [0, 0.1) is 5.82 Å². The number of halogens is 4. The largest absolute Gasteiger partial charge is 0.504 e. The van der Waals surface area contributed by atoms with Gasteiger partial charge in [0.1, 0.15) is 17.2 Å². The lowest BCUT2D eigenvalue weighted by Gasteiger charge is -2.33. The number of carbonyl (C=O) groups is 1. The second kappa shape index (κ2) is 8.52. The van der Waals surface area contributed by atoms with Crippen molar-refractivity contribution in [2.24, 2.45) is 0 Å². The number of benzene rings is 2. The van der Waals surface area contributed by atoms with E-state index in [4.69, 9.17) is 10.5 Å². The average Bonchev–Trinajstić information content (AvgIpc) is 3.58. The number of anilines is 1. The Balaban J connectivity index is 1.33. The monoisotopic (exact) mass is 525 g/mol. The molecule has 4 heterocycles. The number of rotatable bonds is 3. The lowest BCUT2D eigenvalue weighted by atomic mass is 9.94. The van der Waals surface area contributed by atoms with Gasteiger partial charge in [-0.15, -0.1) is 13.2 Å². The van der Waals surface area contributed by atoms with Crippen molar-refractivity contribution in [3.05, 3.63) is 77.8 Å². The number of carbonyl (C=O) groups excluding carboxylic acids is 1. The van der Waals surface area contributed by atoms with Gasteiger partial charge in [-0.05, 0) is 28.8 Å². The van der Waals surface area contributed by atoms with E-state index in [1.54, 1.807) is 29.6 Å². The van der Waals surface area contributed by atoms with Gasteiger partial charge in [-0.1, -0.05) is 12.1 Å². The predicted octanol–water partition coefficient (Wildman–Crippen LogP) is 4.29. The van der Waals surface area contributed by atoms with Crippen LogP contribution >= 0.6 is 0 Å². The summed E-state index contributed by atoms with van der Waals surface area (Å²) >= 11 is 0. The van der Waals surface area contributed by atoms with Crippen LogP contribution in [0.5, 0.6) is 0 Å². The Morgan fingerprint density at radius 2 is 1.97 bits per heavy atom. The van der Waals surface area contributed by atoms with Gasteiger partial charge in [-0.25, -0.2) is 14.4 Å². The minimum atomic E-state index is -4.62. The standard InChI is InChI=1S/C25H19F4N7O2/c1-34(24(37)17-5-20-19(6-18(17)26)33-23(30)21-8-31-12-35(20)21)22-11-38-10-14-4-13(2-3-16(14)22)15-7-32-36(9-15)25(27,28)29/h2-9,12,22H,10-11H2,1H3,(H2,30,33)/t22-/m1/s1. The van der Waals surface area contributed by atoms with Crippen molar-refractivity contribution in [3.8, 4) is 11.1 Å². The molecule has 5 aromatic rings. The highest BCUT2D eigenvalue weighted by Gasteiger charge is 2.33. The number of imidazole rings is 1. The number of nitrogens with zero attached hydrogens (tertiary/aromatic N) is 6. The van der Waals surface area contributed by atoms with Gasteiger partial charge in [-0.2, -0.15) is 9.78 Å². The maximum Gasteiger partial charge on any atom is 0.504 e. The second-order valence-corrected chi connectivity index (χ2v) is 8.97. The molecule has 0 aliphatic carbocycles.